The van der Waals surface area contributed by atoms with Gasteiger partial charge in [-0.25, -0.2) is 0 Å². The summed E-state index contributed by atoms with van der Waals surface area (Å²) >= 11 is 0. The van der Waals surface area contributed by atoms with Gasteiger partial charge in [0.1, 0.15) is 12.4 Å². The molecule has 1 heterocycles. The minimum atomic E-state index is -0.00744. The molecule has 34 heavy (non-hydrogen) atoms. The van der Waals surface area contributed by atoms with Crippen LogP contribution in [0.25, 0.3) is 0 Å². The molecule has 0 aliphatic carbocycles. The zero-order valence-corrected chi connectivity index (χ0v) is 20.2. The molecule has 0 saturated carbocycles. The van der Waals surface area contributed by atoms with Crippen LogP contribution in [0.15, 0.2) is 54.6 Å². The first-order chi connectivity index (χ1) is 16.7. The van der Waals surface area contributed by atoms with Crippen LogP contribution in [-0.2, 0) is 22.6 Å². The normalized spacial score (nSPS) is 15.7. The fraction of sp³-hybridized carbons (Fsp3) is 0.500. The van der Waals surface area contributed by atoms with Crippen molar-refractivity contribution < 1.29 is 14.3 Å². The summed E-state index contributed by atoms with van der Waals surface area (Å²) in [6.07, 6.45) is 7.89. The molecule has 2 aromatic carbocycles. The van der Waals surface area contributed by atoms with Gasteiger partial charge in [0, 0.05) is 25.6 Å². The number of hydrogen-bond acceptors (Lipinski definition) is 4. The summed E-state index contributed by atoms with van der Waals surface area (Å²) in [7, 11) is 0. The van der Waals surface area contributed by atoms with Crippen molar-refractivity contribution in [3.8, 4) is 5.75 Å². The Morgan fingerprint density at radius 1 is 0.941 bits per heavy atom. The lowest BCUT2D eigenvalue weighted by Gasteiger charge is -2.35. The van der Waals surface area contributed by atoms with Gasteiger partial charge in [0.15, 0.2) is 0 Å². The minimum Gasteiger partial charge on any atom is -0.489 e. The van der Waals surface area contributed by atoms with Crippen LogP contribution < -0.4 is 15.8 Å². The number of nitrogens with one attached hydrogen (secondary N) is 1. The molecule has 1 aliphatic heterocycles. The van der Waals surface area contributed by atoms with E-state index in [4.69, 9.17) is 10.5 Å². The number of carbonyl (C=O) groups excluding carboxylic acids is 2. The van der Waals surface area contributed by atoms with E-state index in [-0.39, 0.29) is 17.9 Å². The predicted octanol–water partition coefficient (Wildman–Crippen LogP) is 4.21. The summed E-state index contributed by atoms with van der Waals surface area (Å²) in [5.41, 5.74) is 7.59. The van der Waals surface area contributed by atoms with Gasteiger partial charge in [-0.05, 0) is 61.9 Å². The second-order valence-electron chi connectivity index (χ2n) is 9.09. The van der Waals surface area contributed by atoms with E-state index in [1.165, 1.54) is 0 Å². The SMILES string of the molecule is NCCCCCCNC(=O)CC1CCCCN1C(=O)Cc1ccc(OCc2ccccc2)cc1. The van der Waals surface area contributed by atoms with Gasteiger partial charge < -0.3 is 20.7 Å². The van der Waals surface area contributed by atoms with Crippen LogP contribution in [0, 0.1) is 0 Å². The molecule has 3 rings (SSSR count). The molecular weight excluding hydrogens is 426 g/mol. The second kappa shape index (κ2) is 14.4. The average Bonchev–Trinajstić information content (AvgIpc) is 2.86. The Morgan fingerprint density at radius 2 is 1.71 bits per heavy atom. The highest BCUT2D eigenvalue weighted by Gasteiger charge is 2.28. The molecule has 6 heteroatoms. The standard InChI is InChI=1S/C28H39N3O3/c29-17-7-1-2-8-18-30-27(32)21-25-12-6-9-19-31(25)28(33)20-23-13-15-26(16-14-23)34-22-24-10-4-3-5-11-24/h3-5,10-11,13-16,25H,1-2,6-9,12,17-22,29H2,(H,30,32). The monoisotopic (exact) mass is 465 g/mol. The fourth-order valence-electron chi connectivity index (χ4n) is 4.40. The number of ether oxygens (including phenoxy) is 1. The lowest BCUT2D eigenvalue weighted by atomic mass is 9.97. The van der Waals surface area contributed by atoms with E-state index in [2.05, 4.69) is 5.32 Å². The molecule has 184 valence electrons. The van der Waals surface area contributed by atoms with Crippen molar-refractivity contribution in [2.75, 3.05) is 19.6 Å². The molecule has 0 radical (unpaired) electrons. The summed E-state index contributed by atoms with van der Waals surface area (Å²) in [5, 5.41) is 3.02. The molecule has 1 unspecified atom stereocenters. The highest BCUT2D eigenvalue weighted by Crippen LogP contribution is 2.22. The van der Waals surface area contributed by atoms with Crippen LogP contribution >= 0.6 is 0 Å². The molecule has 1 aliphatic rings. The van der Waals surface area contributed by atoms with Gasteiger partial charge >= 0.3 is 0 Å². The molecule has 2 aromatic rings. The van der Waals surface area contributed by atoms with E-state index in [0.29, 0.717) is 26.0 Å². The number of rotatable bonds is 13. The molecule has 0 bridgehead atoms. The summed E-state index contributed by atoms with van der Waals surface area (Å²) in [6.45, 7) is 2.67. The first-order valence-electron chi connectivity index (χ1n) is 12.7. The van der Waals surface area contributed by atoms with E-state index >= 15 is 0 Å². The Labute approximate surface area is 203 Å². The van der Waals surface area contributed by atoms with Gasteiger partial charge in [-0.1, -0.05) is 55.3 Å². The van der Waals surface area contributed by atoms with Gasteiger partial charge in [-0.3, -0.25) is 9.59 Å². The number of amides is 2. The van der Waals surface area contributed by atoms with Crippen molar-refractivity contribution in [2.45, 2.75) is 70.4 Å². The van der Waals surface area contributed by atoms with Crippen LogP contribution in [-0.4, -0.2) is 42.4 Å². The highest BCUT2D eigenvalue weighted by molar-refractivity contribution is 5.81. The zero-order valence-electron chi connectivity index (χ0n) is 20.2. The molecular formula is C28H39N3O3. The number of unbranched alkanes of at least 4 members (excludes halogenated alkanes) is 3. The number of likely N-dealkylation sites (tertiary alicyclic amines) is 1. The van der Waals surface area contributed by atoms with Gasteiger partial charge in [0.05, 0.1) is 6.42 Å². The fourth-order valence-corrected chi connectivity index (χ4v) is 4.40. The molecule has 1 atom stereocenters. The predicted molar refractivity (Wildman–Crippen MR) is 135 cm³/mol. The second-order valence-corrected chi connectivity index (χ2v) is 9.09. The maximum atomic E-state index is 13.1. The first kappa shape index (κ1) is 25.8. The van der Waals surface area contributed by atoms with Gasteiger partial charge in [-0.2, -0.15) is 0 Å². The Balaban J connectivity index is 1.44. The molecule has 0 spiro atoms. The van der Waals surface area contributed by atoms with Crippen LogP contribution in [0.2, 0.25) is 0 Å². The zero-order chi connectivity index (χ0) is 24.0. The maximum absolute atomic E-state index is 13.1. The molecule has 1 fully saturated rings. The topological polar surface area (TPSA) is 84.7 Å². The van der Waals surface area contributed by atoms with Crippen LogP contribution in [0.5, 0.6) is 5.75 Å². The van der Waals surface area contributed by atoms with Crippen LogP contribution in [0.3, 0.4) is 0 Å². The number of nitrogens with two attached hydrogens (primary N) is 1. The lowest BCUT2D eigenvalue weighted by Crippen LogP contribution is -2.46. The van der Waals surface area contributed by atoms with Crippen molar-refractivity contribution in [1.29, 1.82) is 0 Å². The van der Waals surface area contributed by atoms with Gasteiger partial charge in [-0.15, -0.1) is 0 Å². The first-order valence-corrected chi connectivity index (χ1v) is 12.7. The third kappa shape index (κ3) is 8.82. The third-order valence-corrected chi connectivity index (χ3v) is 6.35. The Hall–Kier alpha value is -2.86. The summed E-state index contributed by atoms with van der Waals surface area (Å²) < 4.78 is 5.84. The van der Waals surface area contributed by atoms with Crippen molar-refractivity contribution in [3.63, 3.8) is 0 Å². The van der Waals surface area contributed by atoms with Gasteiger partial charge in [0.2, 0.25) is 11.8 Å². The maximum Gasteiger partial charge on any atom is 0.227 e. The Morgan fingerprint density at radius 3 is 2.47 bits per heavy atom. The average molecular weight is 466 g/mol. The third-order valence-electron chi connectivity index (χ3n) is 6.35. The lowest BCUT2D eigenvalue weighted by molar-refractivity contribution is -0.135. The van der Waals surface area contributed by atoms with Crippen molar-refractivity contribution >= 4 is 11.8 Å². The van der Waals surface area contributed by atoms with Gasteiger partial charge in [0.25, 0.3) is 0 Å². The number of benzene rings is 2. The highest BCUT2D eigenvalue weighted by atomic mass is 16.5. The van der Waals surface area contributed by atoms with Crippen molar-refractivity contribution in [3.05, 3.63) is 65.7 Å². The number of piperidine rings is 1. The molecule has 0 aromatic heterocycles. The van der Waals surface area contributed by atoms with Crippen LogP contribution in [0.4, 0.5) is 0 Å². The van der Waals surface area contributed by atoms with Crippen molar-refractivity contribution in [1.82, 2.24) is 10.2 Å². The molecule has 1 saturated heterocycles. The van der Waals surface area contributed by atoms with E-state index in [1.54, 1.807) is 0 Å². The smallest absolute Gasteiger partial charge is 0.227 e. The number of carbonyl (C=O) groups is 2. The Kier molecular flexibility index (Phi) is 10.9. The van der Waals surface area contributed by atoms with E-state index in [1.807, 2.05) is 59.5 Å². The minimum absolute atomic E-state index is 0.00744. The summed E-state index contributed by atoms with van der Waals surface area (Å²) in [6, 6.07) is 17.8. The van der Waals surface area contributed by atoms with E-state index in [0.717, 1.165) is 74.9 Å². The molecule has 3 N–H and O–H groups in total. The number of hydrogen-bond donors (Lipinski definition) is 2. The largest absolute Gasteiger partial charge is 0.489 e. The molecule has 2 amide bonds. The number of nitrogens with zero attached hydrogens (tertiary/aromatic N) is 1. The Bertz CT molecular complexity index is 870. The van der Waals surface area contributed by atoms with E-state index in [9.17, 15) is 9.59 Å². The summed E-state index contributed by atoms with van der Waals surface area (Å²) in [4.78, 5) is 27.4. The quantitative estimate of drug-likeness (QED) is 0.434. The van der Waals surface area contributed by atoms with E-state index < -0.39 is 0 Å². The summed E-state index contributed by atoms with van der Waals surface area (Å²) in [5.74, 6) is 0.927. The van der Waals surface area contributed by atoms with Crippen LogP contribution in [0.1, 0.15) is 62.5 Å². The van der Waals surface area contributed by atoms with Crippen molar-refractivity contribution in [2.24, 2.45) is 5.73 Å². The molecule has 6 nitrogen and oxygen atoms in total.